The predicted octanol–water partition coefficient (Wildman–Crippen LogP) is 5.21. The average Bonchev–Trinajstić information content (AvgIpc) is 3.12. The van der Waals surface area contributed by atoms with Gasteiger partial charge in [0.25, 0.3) is 11.8 Å². The van der Waals surface area contributed by atoms with Crippen LogP contribution in [0.5, 0.6) is 0 Å². The first-order valence-corrected chi connectivity index (χ1v) is 14.7. The molecule has 202 valence electrons. The summed E-state index contributed by atoms with van der Waals surface area (Å²) in [4.78, 5) is 54.2. The molecule has 4 rings (SSSR count). The number of ketones is 1. The van der Waals surface area contributed by atoms with E-state index in [4.69, 9.17) is 39.5 Å². The molecule has 1 aliphatic heterocycles. The van der Waals surface area contributed by atoms with E-state index in [1.165, 1.54) is 48.5 Å². The first-order valence-electron chi connectivity index (χ1n) is 11.5. The molecule has 0 bridgehead atoms. The van der Waals surface area contributed by atoms with Gasteiger partial charge in [0.05, 0.1) is 26.9 Å². The third kappa shape index (κ3) is 6.33. The Morgan fingerprint density at radius 3 is 1.92 bits per heavy atom. The molecular formula is C27H20Cl3NO7S. The number of carbonyl (C=O) groups excluding carboxylic acids is 4. The predicted molar refractivity (Wildman–Crippen MR) is 146 cm³/mol. The van der Waals surface area contributed by atoms with Crippen molar-refractivity contribution in [1.29, 1.82) is 0 Å². The van der Waals surface area contributed by atoms with Crippen LogP contribution in [0.15, 0.2) is 66.7 Å². The minimum absolute atomic E-state index is 0.0185. The molecule has 0 unspecified atom stereocenters. The van der Waals surface area contributed by atoms with Gasteiger partial charge in [-0.3, -0.25) is 19.3 Å². The van der Waals surface area contributed by atoms with Crippen molar-refractivity contribution in [1.82, 2.24) is 4.90 Å². The fourth-order valence-electron chi connectivity index (χ4n) is 4.07. The van der Waals surface area contributed by atoms with Crippen molar-refractivity contribution in [3.63, 3.8) is 0 Å². The molecule has 1 aliphatic rings. The van der Waals surface area contributed by atoms with E-state index >= 15 is 0 Å². The second-order valence-electron chi connectivity index (χ2n) is 8.83. The molecule has 0 aromatic heterocycles. The van der Waals surface area contributed by atoms with Crippen molar-refractivity contribution >= 4 is 68.2 Å². The maximum atomic E-state index is 13.6. The van der Waals surface area contributed by atoms with Gasteiger partial charge in [-0.2, -0.15) is 0 Å². The summed E-state index contributed by atoms with van der Waals surface area (Å²) in [5.74, 6) is -4.01. The fourth-order valence-corrected chi connectivity index (χ4v) is 5.18. The topological polar surface area (TPSA) is 115 Å². The van der Waals surface area contributed by atoms with Crippen LogP contribution in [0.4, 0.5) is 0 Å². The third-order valence-electron chi connectivity index (χ3n) is 6.01. The highest BCUT2D eigenvalue weighted by Crippen LogP contribution is 2.34. The highest BCUT2D eigenvalue weighted by atomic mass is 35.5. The molecule has 2 atom stereocenters. The second kappa shape index (κ2) is 11.5. The van der Waals surface area contributed by atoms with Crippen LogP contribution in [0, 0.1) is 0 Å². The van der Waals surface area contributed by atoms with Crippen LogP contribution in [-0.2, 0) is 19.4 Å². The van der Waals surface area contributed by atoms with E-state index in [-0.39, 0.29) is 32.3 Å². The number of hydrogen-bond acceptors (Lipinski definition) is 7. The van der Waals surface area contributed by atoms with E-state index in [1.54, 1.807) is 18.2 Å². The lowest BCUT2D eigenvalue weighted by atomic mass is 9.99. The maximum absolute atomic E-state index is 13.6. The van der Waals surface area contributed by atoms with E-state index < -0.39 is 57.7 Å². The summed E-state index contributed by atoms with van der Waals surface area (Å²) in [6, 6.07) is 14.8. The fraction of sp³-hybridized carbons (Fsp3) is 0.185. The van der Waals surface area contributed by atoms with E-state index in [9.17, 15) is 27.6 Å². The minimum Gasteiger partial charge on any atom is -0.447 e. The summed E-state index contributed by atoms with van der Waals surface area (Å²) in [5, 5.41) is 0.417. The SMILES string of the molecule is CS(=O)(=O)CC[C@H](C(=O)O[C@@H](C(=O)c1ccccc1)c1ccc(Cl)cc1)N1C(=O)c2cc(Cl)c(Cl)cc2C1=O. The van der Waals surface area contributed by atoms with Crippen LogP contribution in [-0.4, -0.2) is 54.9 Å². The number of benzene rings is 3. The number of imide groups is 1. The normalized spacial score (nSPS) is 14.6. The molecule has 0 N–H and O–H groups in total. The van der Waals surface area contributed by atoms with Crippen LogP contribution in [0.2, 0.25) is 15.1 Å². The molecule has 3 aromatic rings. The molecule has 0 aliphatic carbocycles. The molecule has 0 radical (unpaired) electrons. The van der Waals surface area contributed by atoms with Gasteiger partial charge in [-0.25, -0.2) is 13.2 Å². The Balaban J connectivity index is 1.73. The Bertz CT molecular complexity index is 1530. The van der Waals surface area contributed by atoms with Crippen LogP contribution in [0.1, 0.15) is 49.2 Å². The molecule has 1 heterocycles. The largest absolute Gasteiger partial charge is 0.447 e. The Hall–Kier alpha value is -3.24. The van der Waals surface area contributed by atoms with Crippen LogP contribution >= 0.6 is 34.8 Å². The quantitative estimate of drug-likeness (QED) is 0.186. The lowest BCUT2D eigenvalue weighted by molar-refractivity contribution is -0.152. The van der Waals surface area contributed by atoms with Gasteiger partial charge in [0.2, 0.25) is 5.78 Å². The Morgan fingerprint density at radius 2 is 1.41 bits per heavy atom. The summed E-state index contributed by atoms with van der Waals surface area (Å²) in [6.07, 6.45) is -0.985. The molecule has 8 nitrogen and oxygen atoms in total. The van der Waals surface area contributed by atoms with Gasteiger partial charge in [-0.05, 0) is 30.7 Å². The first-order chi connectivity index (χ1) is 18.4. The number of rotatable bonds is 9. The molecule has 3 aromatic carbocycles. The highest BCUT2D eigenvalue weighted by molar-refractivity contribution is 7.90. The van der Waals surface area contributed by atoms with Crippen molar-refractivity contribution in [3.8, 4) is 0 Å². The number of sulfone groups is 1. The van der Waals surface area contributed by atoms with E-state index in [0.717, 1.165) is 6.26 Å². The van der Waals surface area contributed by atoms with Crippen LogP contribution < -0.4 is 0 Å². The number of ether oxygens (including phenoxy) is 1. The molecule has 12 heteroatoms. The van der Waals surface area contributed by atoms with E-state index in [2.05, 4.69) is 0 Å². The number of Topliss-reactive ketones (excluding diaryl/α,β-unsaturated/α-hetero) is 1. The van der Waals surface area contributed by atoms with Crippen LogP contribution in [0.3, 0.4) is 0 Å². The lowest BCUT2D eigenvalue weighted by Gasteiger charge is -2.27. The summed E-state index contributed by atoms with van der Waals surface area (Å²) in [7, 11) is -3.62. The van der Waals surface area contributed by atoms with Crippen molar-refractivity contribution in [2.24, 2.45) is 0 Å². The van der Waals surface area contributed by atoms with Gasteiger partial charge >= 0.3 is 5.97 Å². The van der Waals surface area contributed by atoms with E-state index in [1.807, 2.05) is 0 Å². The Labute approximate surface area is 239 Å². The van der Waals surface area contributed by atoms with Gasteiger partial charge in [0, 0.05) is 22.4 Å². The number of amides is 2. The monoisotopic (exact) mass is 607 g/mol. The number of hydrogen-bond donors (Lipinski definition) is 0. The van der Waals surface area contributed by atoms with Crippen molar-refractivity contribution in [2.75, 3.05) is 12.0 Å². The number of esters is 1. The van der Waals surface area contributed by atoms with Gasteiger partial charge in [0.15, 0.2) is 6.10 Å². The van der Waals surface area contributed by atoms with Crippen molar-refractivity contribution < 1.29 is 32.3 Å². The molecule has 2 amide bonds. The van der Waals surface area contributed by atoms with Gasteiger partial charge < -0.3 is 4.74 Å². The molecular weight excluding hydrogens is 589 g/mol. The second-order valence-corrected chi connectivity index (χ2v) is 12.3. The summed E-state index contributed by atoms with van der Waals surface area (Å²) >= 11 is 18.0. The number of nitrogens with zero attached hydrogens (tertiary/aromatic N) is 1. The number of carbonyl (C=O) groups is 4. The zero-order valence-corrected chi connectivity index (χ0v) is 23.4. The zero-order valence-electron chi connectivity index (χ0n) is 20.3. The summed E-state index contributed by atoms with van der Waals surface area (Å²) in [5.41, 5.74) is 0.328. The highest BCUT2D eigenvalue weighted by Gasteiger charge is 2.45. The molecule has 0 saturated carbocycles. The van der Waals surface area contributed by atoms with E-state index in [0.29, 0.717) is 9.92 Å². The molecule has 0 spiro atoms. The lowest BCUT2D eigenvalue weighted by Crippen LogP contribution is -2.47. The van der Waals surface area contributed by atoms with Crippen molar-refractivity contribution in [2.45, 2.75) is 18.6 Å². The minimum atomic E-state index is -3.62. The maximum Gasteiger partial charge on any atom is 0.330 e. The van der Waals surface area contributed by atoms with Gasteiger partial charge in [0.1, 0.15) is 15.9 Å². The standard InChI is InChI=1S/C27H20Cl3NO7S/c1-39(36,37)12-11-22(31-25(33)18-13-20(29)21(30)14-19(18)26(31)34)27(35)38-24(16-7-9-17(28)10-8-16)23(32)15-5-3-2-4-6-15/h2-10,13-14,22,24H,11-12H2,1H3/t22-,24-/m1/s1. The van der Waals surface area contributed by atoms with Crippen molar-refractivity contribution in [3.05, 3.63) is 104 Å². The van der Waals surface area contributed by atoms with Gasteiger partial charge in [-0.1, -0.05) is 77.3 Å². The first kappa shape index (κ1) is 28.8. The van der Waals surface area contributed by atoms with Gasteiger partial charge in [-0.15, -0.1) is 0 Å². The van der Waals surface area contributed by atoms with Crippen LogP contribution in [0.25, 0.3) is 0 Å². The molecule has 0 saturated heterocycles. The number of halogens is 3. The Kier molecular flexibility index (Phi) is 8.46. The smallest absolute Gasteiger partial charge is 0.330 e. The zero-order chi connectivity index (χ0) is 28.5. The summed E-state index contributed by atoms with van der Waals surface area (Å²) in [6.45, 7) is 0. The summed E-state index contributed by atoms with van der Waals surface area (Å²) < 4.78 is 29.6. The molecule has 0 fully saturated rings. The number of fused-ring (bicyclic) bond motifs is 1. The third-order valence-corrected chi connectivity index (χ3v) is 7.96. The average molecular weight is 609 g/mol. The Morgan fingerprint density at radius 1 is 0.872 bits per heavy atom. The molecule has 39 heavy (non-hydrogen) atoms.